The Balaban J connectivity index is 2.67. The van der Waals surface area contributed by atoms with Gasteiger partial charge in [-0.3, -0.25) is 4.79 Å². The average molecular weight is 277 g/mol. The van der Waals surface area contributed by atoms with Crippen LogP contribution in [0.4, 0.5) is 0 Å². The molecule has 0 saturated carbocycles. The molecule has 20 heavy (non-hydrogen) atoms. The Morgan fingerprint density at radius 1 is 1.45 bits per heavy atom. The van der Waals surface area contributed by atoms with Gasteiger partial charge in [0.15, 0.2) is 6.61 Å². The molecular weight excluding hydrogens is 258 g/mol. The van der Waals surface area contributed by atoms with Crippen LogP contribution in [0.25, 0.3) is 0 Å². The van der Waals surface area contributed by atoms with Gasteiger partial charge in [-0.2, -0.15) is 5.26 Å². The first-order valence-electron chi connectivity index (χ1n) is 6.35. The molecule has 0 heterocycles. The van der Waals surface area contributed by atoms with E-state index in [1.54, 1.807) is 19.2 Å². The van der Waals surface area contributed by atoms with Gasteiger partial charge in [0.2, 0.25) is 0 Å². The molecule has 0 aliphatic rings. The second-order valence-electron chi connectivity index (χ2n) is 3.98. The molecule has 6 nitrogen and oxygen atoms in total. The third-order valence-corrected chi connectivity index (χ3v) is 2.56. The van der Waals surface area contributed by atoms with Crippen molar-refractivity contribution in [3.05, 3.63) is 23.8 Å². The number of nitrogens with zero attached hydrogens (tertiary/aromatic N) is 1. The molecule has 0 fully saturated rings. The van der Waals surface area contributed by atoms with Gasteiger partial charge in [-0.25, -0.2) is 0 Å². The van der Waals surface area contributed by atoms with Crippen LogP contribution < -0.4 is 20.1 Å². The number of rotatable bonds is 8. The van der Waals surface area contributed by atoms with Gasteiger partial charge in [-0.15, -0.1) is 0 Å². The first-order valence-corrected chi connectivity index (χ1v) is 6.35. The lowest BCUT2D eigenvalue weighted by atomic mass is 10.2. The third kappa shape index (κ3) is 5.16. The van der Waals surface area contributed by atoms with Crippen molar-refractivity contribution in [2.45, 2.75) is 13.5 Å². The zero-order chi connectivity index (χ0) is 14.8. The van der Waals surface area contributed by atoms with Gasteiger partial charge in [0.25, 0.3) is 5.91 Å². The minimum atomic E-state index is -0.322. The van der Waals surface area contributed by atoms with E-state index in [0.29, 0.717) is 12.3 Å². The number of nitriles is 1. The van der Waals surface area contributed by atoms with Crippen LogP contribution in [0.5, 0.6) is 11.5 Å². The monoisotopic (exact) mass is 277 g/mol. The molecule has 0 spiro atoms. The number of carbonyl (C=O) groups excluding carboxylic acids is 1. The van der Waals surface area contributed by atoms with Crippen molar-refractivity contribution < 1.29 is 14.3 Å². The van der Waals surface area contributed by atoms with Crippen molar-refractivity contribution in [3.63, 3.8) is 0 Å². The molecule has 0 unspecified atom stereocenters. The maximum Gasteiger partial charge on any atom is 0.258 e. The summed E-state index contributed by atoms with van der Waals surface area (Å²) in [6.07, 6.45) is 0. The highest BCUT2D eigenvalue weighted by atomic mass is 16.5. The molecule has 0 aliphatic heterocycles. The number of hydrogen-bond donors (Lipinski definition) is 2. The summed E-state index contributed by atoms with van der Waals surface area (Å²) in [6.45, 7) is 3.33. The minimum Gasteiger partial charge on any atom is -0.497 e. The van der Waals surface area contributed by atoms with E-state index in [-0.39, 0.29) is 19.1 Å². The Kier molecular flexibility index (Phi) is 6.93. The topological polar surface area (TPSA) is 83.4 Å². The number of carbonyl (C=O) groups is 1. The molecule has 108 valence electrons. The Morgan fingerprint density at radius 3 is 2.90 bits per heavy atom. The highest BCUT2D eigenvalue weighted by Crippen LogP contribution is 2.24. The van der Waals surface area contributed by atoms with E-state index in [9.17, 15) is 4.79 Å². The van der Waals surface area contributed by atoms with Crippen molar-refractivity contribution in [2.75, 3.05) is 26.8 Å². The number of ether oxygens (including phenoxy) is 2. The van der Waals surface area contributed by atoms with Crippen LogP contribution in [0.15, 0.2) is 18.2 Å². The summed E-state index contributed by atoms with van der Waals surface area (Å²) < 4.78 is 10.6. The molecule has 6 heteroatoms. The largest absolute Gasteiger partial charge is 0.497 e. The summed E-state index contributed by atoms with van der Waals surface area (Å²) in [5.74, 6) is 1.04. The predicted octanol–water partition coefficient (Wildman–Crippen LogP) is 0.823. The smallest absolute Gasteiger partial charge is 0.258 e. The van der Waals surface area contributed by atoms with E-state index in [2.05, 4.69) is 10.6 Å². The molecular formula is C14H19N3O3. The summed E-state index contributed by atoms with van der Waals surface area (Å²) in [5, 5.41) is 14.0. The zero-order valence-electron chi connectivity index (χ0n) is 11.7. The summed E-state index contributed by atoms with van der Waals surface area (Å²) in [5.41, 5.74) is 0.916. The Morgan fingerprint density at radius 2 is 2.25 bits per heavy atom. The van der Waals surface area contributed by atoms with Crippen molar-refractivity contribution in [1.29, 1.82) is 5.26 Å². The summed E-state index contributed by atoms with van der Waals surface area (Å²) >= 11 is 0. The van der Waals surface area contributed by atoms with Gasteiger partial charge >= 0.3 is 0 Å². The molecule has 0 aliphatic carbocycles. The van der Waals surface area contributed by atoms with Crippen LogP contribution in [0.1, 0.15) is 12.5 Å². The standard InChI is InChI=1S/C14H19N3O3/c1-3-16-9-11-8-12(19-2)4-5-13(11)20-10-14(18)17-7-6-15/h4-5,8,16H,3,7,9-10H2,1-2H3,(H,17,18). The lowest BCUT2D eigenvalue weighted by Crippen LogP contribution is -2.29. The van der Waals surface area contributed by atoms with Gasteiger partial charge in [-0.05, 0) is 24.7 Å². The molecule has 0 bridgehead atoms. The van der Waals surface area contributed by atoms with Crippen LogP contribution in [0.3, 0.4) is 0 Å². The second-order valence-corrected chi connectivity index (χ2v) is 3.98. The number of hydrogen-bond acceptors (Lipinski definition) is 5. The van der Waals surface area contributed by atoms with Crippen LogP contribution in [-0.2, 0) is 11.3 Å². The summed E-state index contributed by atoms with van der Waals surface area (Å²) in [4.78, 5) is 11.4. The number of nitrogens with one attached hydrogen (secondary N) is 2. The maximum absolute atomic E-state index is 11.4. The molecule has 0 saturated heterocycles. The van der Waals surface area contributed by atoms with Crippen LogP contribution >= 0.6 is 0 Å². The van der Waals surface area contributed by atoms with Gasteiger partial charge in [0, 0.05) is 12.1 Å². The van der Waals surface area contributed by atoms with Crippen molar-refractivity contribution in [2.24, 2.45) is 0 Å². The van der Waals surface area contributed by atoms with E-state index in [1.165, 1.54) is 0 Å². The predicted molar refractivity (Wildman–Crippen MR) is 74.5 cm³/mol. The van der Waals surface area contributed by atoms with Gasteiger partial charge < -0.3 is 20.1 Å². The molecule has 0 radical (unpaired) electrons. The number of benzene rings is 1. The first-order chi connectivity index (χ1) is 9.71. The van der Waals surface area contributed by atoms with Crippen molar-refractivity contribution >= 4 is 5.91 Å². The van der Waals surface area contributed by atoms with Crippen LogP contribution in [-0.4, -0.2) is 32.7 Å². The lowest BCUT2D eigenvalue weighted by Gasteiger charge is -2.13. The highest BCUT2D eigenvalue weighted by Gasteiger charge is 2.08. The SMILES string of the molecule is CCNCc1cc(OC)ccc1OCC(=O)NCC#N. The van der Waals surface area contributed by atoms with Crippen LogP contribution in [0, 0.1) is 11.3 Å². The minimum absolute atomic E-state index is 0.0188. The molecule has 1 amide bonds. The zero-order valence-corrected chi connectivity index (χ0v) is 11.7. The van der Waals surface area contributed by atoms with E-state index in [1.807, 2.05) is 19.1 Å². The second kappa shape index (κ2) is 8.77. The van der Waals surface area contributed by atoms with Crippen molar-refractivity contribution in [1.82, 2.24) is 10.6 Å². The van der Waals surface area contributed by atoms with Gasteiger partial charge in [0.1, 0.15) is 18.0 Å². The molecule has 2 N–H and O–H groups in total. The Labute approximate surface area is 118 Å². The Hall–Kier alpha value is -2.26. The quantitative estimate of drug-likeness (QED) is 0.687. The highest BCUT2D eigenvalue weighted by molar-refractivity contribution is 5.77. The summed E-state index contributed by atoms with van der Waals surface area (Å²) in [7, 11) is 1.60. The average Bonchev–Trinajstić information content (AvgIpc) is 2.49. The molecule has 1 aromatic carbocycles. The Bertz CT molecular complexity index is 483. The fraction of sp³-hybridized carbons (Fsp3) is 0.429. The summed E-state index contributed by atoms with van der Waals surface area (Å²) in [6, 6.07) is 7.25. The van der Waals surface area contributed by atoms with E-state index < -0.39 is 0 Å². The maximum atomic E-state index is 11.4. The molecule has 0 atom stereocenters. The molecule has 1 aromatic rings. The molecule has 0 aromatic heterocycles. The van der Waals surface area contributed by atoms with E-state index in [4.69, 9.17) is 14.7 Å². The fourth-order valence-corrected chi connectivity index (χ4v) is 1.55. The van der Waals surface area contributed by atoms with Crippen LogP contribution in [0.2, 0.25) is 0 Å². The number of amides is 1. The van der Waals surface area contributed by atoms with Crippen molar-refractivity contribution in [3.8, 4) is 17.6 Å². The third-order valence-electron chi connectivity index (χ3n) is 2.56. The van der Waals surface area contributed by atoms with E-state index >= 15 is 0 Å². The normalized spacial score (nSPS) is 9.65. The van der Waals surface area contributed by atoms with Gasteiger partial charge in [-0.1, -0.05) is 6.92 Å². The molecule has 1 rings (SSSR count). The first kappa shape index (κ1) is 15.8. The number of methoxy groups -OCH3 is 1. The van der Waals surface area contributed by atoms with E-state index in [0.717, 1.165) is 17.9 Å². The van der Waals surface area contributed by atoms with Gasteiger partial charge in [0.05, 0.1) is 13.2 Å². The fourth-order valence-electron chi connectivity index (χ4n) is 1.55. The lowest BCUT2D eigenvalue weighted by molar-refractivity contribution is -0.122.